The summed E-state index contributed by atoms with van der Waals surface area (Å²) >= 11 is 0. The van der Waals surface area contributed by atoms with Crippen molar-refractivity contribution in [3.8, 4) is 28.6 Å². The first-order chi connectivity index (χ1) is 19.8. The van der Waals surface area contributed by atoms with E-state index in [1.54, 1.807) is 12.4 Å². The van der Waals surface area contributed by atoms with Gasteiger partial charge in [0, 0.05) is 46.3 Å². The number of rotatable bonds is 3. The molecular weight excluding hydrogens is 492 g/mol. The minimum absolute atomic E-state index is 0.566. The molecule has 0 radical (unpaired) electrons. The van der Waals surface area contributed by atoms with Crippen molar-refractivity contribution in [1.82, 2.24) is 24.1 Å². The van der Waals surface area contributed by atoms with Crippen LogP contribution in [0.4, 0.5) is 0 Å². The molecule has 8 aromatic rings. The van der Waals surface area contributed by atoms with E-state index in [4.69, 9.17) is 0 Å². The Morgan fingerprint density at radius 2 is 0.975 bits per heavy atom. The van der Waals surface area contributed by atoms with Crippen molar-refractivity contribution in [3.63, 3.8) is 0 Å². The molecule has 40 heavy (non-hydrogen) atoms. The summed E-state index contributed by atoms with van der Waals surface area (Å²) in [7, 11) is 0. The summed E-state index contributed by atoms with van der Waals surface area (Å²) in [6, 6.07) is 31.4. The topological polar surface area (TPSA) is 72.3 Å². The number of para-hydroxylation sites is 2. The molecule has 0 N–H and O–H groups in total. The zero-order valence-corrected chi connectivity index (χ0v) is 21.2. The van der Waals surface area contributed by atoms with Crippen LogP contribution < -0.4 is 0 Å². The second-order valence-corrected chi connectivity index (χ2v) is 9.73. The van der Waals surface area contributed by atoms with E-state index < -0.39 is 0 Å². The average Bonchev–Trinajstić information content (AvgIpc) is 3.54. The Hall–Kier alpha value is -5.80. The molecule has 5 heterocycles. The zero-order chi connectivity index (χ0) is 26.6. The van der Waals surface area contributed by atoms with Gasteiger partial charge in [0.2, 0.25) is 0 Å². The molecule has 0 amide bonds. The van der Waals surface area contributed by atoms with Gasteiger partial charge < -0.3 is 9.13 Å². The predicted octanol–water partition coefficient (Wildman–Crippen LogP) is 7.60. The van der Waals surface area contributed by atoms with Crippen LogP contribution in [0, 0.1) is 11.3 Å². The Morgan fingerprint density at radius 3 is 1.50 bits per heavy atom. The van der Waals surface area contributed by atoms with Gasteiger partial charge in [-0.05, 0) is 59.7 Å². The van der Waals surface area contributed by atoms with E-state index in [-0.39, 0.29) is 0 Å². The Labute approximate surface area is 229 Å². The zero-order valence-electron chi connectivity index (χ0n) is 21.2. The number of hydrogen-bond donors (Lipinski definition) is 0. The van der Waals surface area contributed by atoms with Gasteiger partial charge in [-0.3, -0.25) is 15.0 Å². The van der Waals surface area contributed by atoms with E-state index in [1.807, 2.05) is 73.3 Å². The highest BCUT2D eigenvalue weighted by Crippen LogP contribution is 2.39. The molecule has 0 bridgehead atoms. The molecule has 0 spiro atoms. The lowest BCUT2D eigenvalue weighted by atomic mass is 10.0. The Bertz CT molecular complexity index is 2040. The van der Waals surface area contributed by atoms with Gasteiger partial charge in [-0.15, -0.1) is 0 Å². The third-order valence-corrected chi connectivity index (χ3v) is 7.66. The fourth-order valence-corrected chi connectivity index (χ4v) is 5.95. The van der Waals surface area contributed by atoms with E-state index in [9.17, 15) is 5.26 Å². The van der Waals surface area contributed by atoms with Crippen LogP contribution in [-0.2, 0) is 0 Å². The predicted molar refractivity (Wildman–Crippen MR) is 159 cm³/mol. The lowest BCUT2D eigenvalue weighted by Gasteiger charge is -2.18. The largest absolute Gasteiger partial charge is 0.306 e. The number of nitriles is 1. The number of pyridine rings is 3. The number of fused-ring (bicyclic) bond motifs is 6. The van der Waals surface area contributed by atoms with Crippen LogP contribution in [0.3, 0.4) is 0 Å². The highest BCUT2D eigenvalue weighted by atomic mass is 15.0. The van der Waals surface area contributed by atoms with Gasteiger partial charge in [0.25, 0.3) is 0 Å². The molecule has 0 aliphatic carbocycles. The third-order valence-electron chi connectivity index (χ3n) is 7.66. The van der Waals surface area contributed by atoms with Crippen LogP contribution in [-0.4, -0.2) is 24.1 Å². The highest BCUT2D eigenvalue weighted by Gasteiger charge is 2.22. The molecule has 0 saturated heterocycles. The van der Waals surface area contributed by atoms with Gasteiger partial charge in [0.05, 0.1) is 45.8 Å². The molecule has 0 saturated carbocycles. The van der Waals surface area contributed by atoms with E-state index in [0.717, 1.165) is 66.1 Å². The maximum absolute atomic E-state index is 10.8. The first kappa shape index (κ1) is 22.2. The quantitative estimate of drug-likeness (QED) is 0.244. The summed E-state index contributed by atoms with van der Waals surface area (Å²) in [6.45, 7) is 0. The first-order valence-electron chi connectivity index (χ1n) is 13.0. The molecular formula is C34H20N6. The summed E-state index contributed by atoms with van der Waals surface area (Å²) in [5, 5.41) is 15.2. The molecule has 0 fully saturated rings. The van der Waals surface area contributed by atoms with E-state index in [1.165, 1.54) is 0 Å². The standard InChI is InChI=1S/C34H20N6/c35-19-28-31(39-29-7-3-1-5-24(29)26-11-15-37-20-33(26)39)17-23(22-9-13-36-14-10-22)18-32(28)40-30-8-4-2-6-25(30)27-12-16-38-21-34(27)40/h1-18,20-21H. The SMILES string of the molecule is N#Cc1c(-n2c3ccccc3c3ccncc32)cc(-c2ccncc2)cc1-n1c2ccccc2c2ccncc21. The first-order valence-corrected chi connectivity index (χ1v) is 13.0. The Kier molecular flexibility index (Phi) is 4.78. The number of nitrogens with zero attached hydrogens (tertiary/aromatic N) is 6. The third kappa shape index (κ3) is 3.12. The van der Waals surface area contributed by atoms with Gasteiger partial charge in [0.1, 0.15) is 11.6 Å². The van der Waals surface area contributed by atoms with Crippen molar-refractivity contribution in [2.45, 2.75) is 0 Å². The van der Waals surface area contributed by atoms with E-state index in [2.05, 4.69) is 66.6 Å². The van der Waals surface area contributed by atoms with Crippen molar-refractivity contribution in [2.24, 2.45) is 0 Å². The smallest absolute Gasteiger partial charge is 0.104 e. The van der Waals surface area contributed by atoms with Crippen LogP contribution in [0.2, 0.25) is 0 Å². The fraction of sp³-hybridized carbons (Fsp3) is 0. The maximum atomic E-state index is 10.8. The summed E-state index contributed by atoms with van der Waals surface area (Å²) in [5.41, 5.74) is 8.07. The monoisotopic (exact) mass is 512 g/mol. The molecule has 186 valence electrons. The lowest BCUT2D eigenvalue weighted by Crippen LogP contribution is -2.05. The van der Waals surface area contributed by atoms with Crippen molar-refractivity contribution >= 4 is 43.6 Å². The number of hydrogen-bond acceptors (Lipinski definition) is 4. The number of aromatic nitrogens is 5. The van der Waals surface area contributed by atoms with Crippen LogP contribution in [0.5, 0.6) is 0 Å². The van der Waals surface area contributed by atoms with Gasteiger partial charge in [0.15, 0.2) is 0 Å². The molecule has 6 nitrogen and oxygen atoms in total. The molecule has 0 aliphatic rings. The van der Waals surface area contributed by atoms with Crippen LogP contribution in [0.1, 0.15) is 5.56 Å². The number of benzene rings is 3. The van der Waals surface area contributed by atoms with Crippen molar-refractivity contribution < 1.29 is 0 Å². The van der Waals surface area contributed by atoms with Crippen LogP contribution in [0.15, 0.2) is 122 Å². The molecule has 6 heteroatoms. The summed E-state index contributed by atoms with van der Waals surface area (Å²) in [5.74, 6) is 0. The summed E-state index contributed by atoms with van der Waals surface area (Å²) in [6.07, 6.45) is 11.0. The minimum atomic E-state index is 0.566. The molecule has 8 rings (SSSR count). The van der Waals surface area contributed by atoms with Gasteiger partial charge in [-0.2, -0.15) is 5.26 Å². The Morgan fingerprint density at radius 1 is 0.500 bits per heavy atom. The van der Waals surface area contributed by atoms with Crippen LogP contribution >= 0.6 is 0 Å². The highest BCUT2D eigenvalue weighted by molar-refractivity contribution is 6.10. The van der Waals surface area contributed by atoms with Crippen molar-refractivity contribution in [2.75, 3.05) is 0 Å². The second kappa shape index (κ2) is 8.62. The minimum Gasteiger partial charge on any atom is -0.306 e. The molecule has 0 aliphatic heterocycles. The summed E-state index contributed by atoms with van der Waals surface area (Å²) < 4.78 is 4.33. The van der Waals surface area contributed by atoms with Crippen molar-refractivity contribution in [1.29, 1.82) is 5.26 Å². The van der Waals surface area contributed by atoms with Gasteiger partial charge >= 0.3 is 0 Å². The van der Waals surface area contributed by atoms with Crippen LogP contribution in [0.25, 0.3) is 66.1 Å². The molecule has 5 aromatic heterocycles. The molecule has 0 unspecified atom stereocenters. The fourth-order valence-electron chi connectivity index (χ4n) is 5.95. The normalized spacial score (nSPS) is 11.5. The lowest BCUT2D eigenvalue weighted by molar-refractivity contribution is 1.11. The summed E-state index contributed by atoms with van der Waals surface area (Å²) in [4.78, 5) is 13.2. The van der Waals surface area contributed by atoms with E-state index >= 15 is 0 Å². The molecule has 3 aromatic carbocycles. The maximum Gasteiger partial charge on any atom is 0.104 e. The van der Waals surface area contributed by atoms with Gasteiger partial charge in [-0.1, -0.05) is 36.4 Å². The second-order valence-electron chi connectivity index (χ2n) is 9.73. The molecule has 0 atom stereocenters. The van der Waals surface area contributed by atoms with Gasteiger partial charge in [-0.25, -0.2) is 0 Å². The Balaban J connectivity index is 1.57. The van der Waals surface area contributed by atoms with E-state index in [0.29, 0.717) is 5.56 Å². The average molecular weight is 513 g/mol. The van der Waals surface area contributed by atoms with Crippen molar-refractivity contribution in [3.05, 3.63) is 128 Å².